The standard InChI is InChI=1S/C20H34N2O3S/c1-19(2,21)14-18(20(3,4)22)15-10-12-17(13-11-15)26(23,24)25-16-8-6-5-7-9-16/h10-13,16,18H,5-9,14,21-22H2,1-4H3. The van der Waals surface area contributed by atoms with E-state index in [1.54, 1.807) is 12.1 Å². The van der Waals surface area contributed by atoms with Crippen LogP contribution in [-0.2, 0) is 14.3 Å². The summed E-state index contributed by atoms with van der Waals surface area (Å²) in [5.74, 6) is 0.0264. The molecule has 5 nitrogen and oxygen atoms in total. The minimum atomic E-state index is -3.73. The molecule has 26 heavy (non-hydrogen) atoms. The summed E-state index contributed by atoms with van der Waals surface area (Å²) in [6, 6.07) is 6.91. The number of hydrogen-bond donors (Lipinski definition) is 2. The van der Waals surface area contributed by atoms with Crippen LogP contribution in [0.25, 0.3) is 0 Å². The Morgan fingerprint density at radius 1 is 1.04 bits per heavy atom. The number of hydrogen-bond acceptors (Lipinski definition) is 5. The van der Waals surface area contributed by atoms with E-state index in [4.69, 9.17) is 15.7 Å². The van der Waals surface area contributed by atoms with Crippen LogP contribution in [-0.4, -0.2) is 25.6 Å². The highest BCUT2D eigenvalue weighted by atomic mass is 32.2. The molecule has 1 atom stereocenters. The van der Waals surface area contributed by atoms with Gasteiger partial charge in [-0.1, -0.05) is 31.4 Å². The van der Waals surface area contributed by atoms with Gasteiger partial charge in [-0.05, 0) is 64.7 Å². The molecule has 148 valence electrons. The Morgan fingerprint density at radius 2 is 1.58 bits per heavy atom. The zero-order chi connectivity index (χ0) is 19.6. The minimum Gasteiger partial charge on any atom is -0.326 e. The van der Waals surface area contributed by atoms with Crippen molar-refractivity contribution in [3.8, 4) is 0 Å². The van der Waals surface area contributed by atoms with Crippen LogP contribution in [0.3, 0.4) is 0 Å². The SMILES string of the molecule is CC(C)(N)CC(c1ccc(S(=O)(=O)OC2CCCCC2)cc1)C(C)(C)N. The lowest BCUT2D eigenvalue weighted by molar-refractivity contribution is 0.162. The summed E-state index contributed by atoms with van der Waals surface area (Å²) in [5, 5.41) is 0. The molecule has 0 aromatic heterocycles. The molecule has 1 unspecified atom stereocenters. The maximum atomic E-state index is 12.5. The Kier molecular flexibility index (Phi) is 6.54. The normalized spacial score (nSPS) is 18.7. The van der Waals surface area contributed by atoms with Crippen molar-refractivity contribution in [2.24, 2.45) is 11.5 Å². The molecule has 0 saturated heterocycles. The first-order chi connectivity index (χ1) is 11.9. The highest BCUT2D eigenvalue weighted by Crippen LogP contribution is 2.34. The van der Waals surface area contributed by atoms with Gasteiger partial charge in [0.05, 0.1) is 11.0 Å². The topological polar surface area (TPSA) is 95.4 Å². The Bertz CT molecular complexity index is 679. The van der Waals surface area contributed by atoms with E-state index < -0.39 is 15.7 Å². The van der Waals surface area contributed by atoms with Gasteiger partial charge in [-0.15, -0.1) is 0 Å². The number of benzene rings is 1. The Balaban J connectivity index is 2.19. The highest BCUT2D eigenvalue weighted by molar-refractivity contribution is 7.86. The largest absolute Gasteiger partial charge is 0.326 e. The first-order valence-electron chi connectivity index (χ1n) is 9.49. The molecule has 6 heteroatoms. The van der Waals surface area contributed by atoms with Gasteiger partial charge in [0.1, 0.15) is 0 Å². The molecule has 0 heterocycles. The minimum absolute atomic E-state index is 0.0264. The smallest absolute Gasteiger partial charge is 0.297 e. The van der Waals surface area contributed by atoms with Crippen LogP contribution in [0.15, 0.2) is 29.2 Å². The summed E-state index contributed by atoms with van der Waals surface area (Å²) < 4.78 is 30.5. The first kappa shape index (κ1) is 21.4. The van der Waals surface area contributed by atoms with Crippen LogP contribution in [0.5, 0.6) is 0 Å². The first-order valence-corrected chi connectivity index (χ1v) is 10.9. The molecule has 0 bridgehead atoms. The van der Waals surface area contributed by atoms with Gasteiger partial charge in [-0.25, -0.2) is 0 Å². The molecule has 2 rings (SSSR count). The van der Waals surface area contributed by atoms with Gasteiger partial charge in [0, 0.05) is 17.0 Å². The molecule has 1 fully saturated rings. The summed E-state index contributed by atoms with van der Waals surface area (Å²) in [6.45, 7) is 7.89. The van der Waals surface area contributed by atoms with Gasteiger partial charge in [0.2, 0.25) is 0 Å². The molecular weight excluding hydrogens is 348 g/mol. The fourth-order valence-corrected chi connectivity index (χ4v) is 4.73. The average molecular weight is 383 g/mol. The molecule has 0 spiro atoms. The van der Waals surface area contributed by atoms with Crippen LogP contribution >= 0.6 is 0 Å². The van der Waals surface area contributed by atoms with Crippen molar-refractivity contribution in [3.63, 3.8) is 0 Å². The Labute approximate surface area is 158 Å². The third-order valence-electron chi connectivity index (χ3n) is 5.01. The molecule has 1 aliphatic rings. The van der Waals surface area contributed by atoms with Crippen molar-refractivity contribution >= 4 is 10.1 Å². The van der Waals surface area contributed by atoms with Gasteiger partial charge in [-0.2, -0.15) is 8.42 Å². The summed E-state index contributed by atoms with van der Waals surface area (Å²) in [4.78, 5) is 0.201. The second-order valence-electron chi connectivity index (χ2n) is 8.95. The monoisotopic (exact) mass is 382 g/mol. The van der Waals surface area contributed by atoms with Crippen LogP contribution in [0, 0.1) is 0 Å². The lowest BCUT2D eigenvalue weighted by Crippen LogP contribution is -2.45. The van der Waals surface area contributed by atoms with Crippen LogP contribution < -0.4 is 11.5 Å². The van der Waals surface area contributed by atoms with Crippen LogP contribution in [0.4, 0.5) is 0 Å². The molecular formula is C20H34N2O3S. The molecule has 1 aromatic rings. The number of rotatable bonds is 7. The molecule has 0 radical (unpaired) electrons. The van der Waals surface area contributed by atoms with Crippen molar-refractivity contribution in [1.29, 1.82) is 0 Å². The van der Waals surface area contributed by atoms with Crippen LogP contribution in [0.2, 0.25) is 0 Å². The fraction of sp³-hybridized carbons (Fsp3) is 0.700. The third kappa shape index (κ3) is 6.05. The van der Waals surface area contributed by atoms with E-state index in [9.17, 15) is 8.42 Å². The second-order valence-corrected chi connectivity index (χ2v) is 10.5. The predicted octanol–water partition coefficient (Wildman–Crippen LogP) is 3.67. The van der Waals surface area contributed by atoms with E-state index in [1.165, 1.54) is 0 Å². The van der Waals surface area contributed by atoms with Gasteiger partial charge in [-0.3, -0.25) is 4.18 Å². The number of nitrogens with two attached hydrogens (primary N) is 2. The van der Waals surface area contributed by atoms with E-state index >= 15 is 0 Å². The molecule has 0 amide bonds. The average Bonchev–Trinajstić information content (AvgIpc) is 2.51. The van der Waals surface area contributed by atoms with Crippen molar-refractivity contribution in [1.82, 2.24) is 0 Å². The molecule has 4 N–H and O–H groups in total. The highest BCUT2D eigenvalue weighted by Gasteiger charge is 2.31. The van der Waals surface area contributed by atoms with Crippen molar-refractivity contribution in [3.05, 3.63) is 29.8 Å². The zero-order valence-electron chi connectivity index (χ0n) is 16.5. The third-order valence-corrected chi connectivity index (χ3v) is 6.39. The molecule has 0 aliphatic heterocycles. The van der Waals surface area contributed by atoms with Gasteiger partial charge in [0.15, 0.2) is 0 Å². The predicted molar refractivity (Wildman–Crippen MR) is 105 cm³/mol. The maximum absolute atomic E-state index is 12.5. The molecule has 1 aromatic carbocycles. The van der Waals surface area contributed by atoms with E-state index in [2.05, 4.69) is 0 Å². The lowest BCUT2D eigenvalue weighted by Gasteiger charge is -2.35. The zero-order valence-corrected chi connectivity index (χ0v) is 17.3. The summed E-state index contributed by atoms with van der Waals surface area (Å²) in [7, 11) is -3.73. The quantitative estimate of drug-likeness (QED) is 0.702. The van der Waals surface area contributed by atoms with Crippen LogP contribution in [0.1, 0.15) is 77.7 Å². The van der Waals surface area contributed by atoms with E-state index in [-0.39, 0.29) is 22.5 Å². The van der Waals surface area contributed by atoms with Crippen molar-refractivity contribution in [2.45, 2.75) is 94.2 Å². The Hall–Kier alpha value is -0.950. The van der Waals surface area contributed by atoms with Crippen molar-refractivity contribution in [2.75, 3.05) is 0 Å². The van der Waals surface area contributed by atoms with Gasteiger partial charge in [0.25, 0.3) is 10.1 Å². The van der Waals surface area contributed by atoms with Gasteiger partial charge >= 0.3 is 0 Å². The summed E-state index contributed by atoms with van der Waals surface area (Å²) >= 11 is 0. The molecule has 1 saturated carbocycles. The Morgan fingerprint density at radius 3 is 2.04 bits per heavy atom. The lowest BCUT2D eigenvalue weighted by atomic mass is 9.76. The van der Waals surface area contributed by atoms with E-state index in [0.717, 1.165) is 37.7 Å². The van der Waals surface area contributed by atoms with Gasteiger partial charge < -0.3 is 11.5 Å². The molecule has 1 aliphatic carbocycles. The summed E-state index contributed by atoms with van der Waals surface area (Å²) in [5.41, 5.74) is 12.7. The maximum Gasteiger partial charge on any atom is 0.297 e. The van der Waals surface area contributed by atoms with E-state index in [1.807, 2.05) is 39.8 Å². The fourth-order valence-electron chi connectivity index (χ4n) is 3.60. The van der Waals surface area contributed by atoms with Crippen molar-refractivity contribution < 1.29 is 12.6 Å². The summed E-state index contributed by atoms with van der Waals surface area (Å²) in [6.07, 6.45) is 5.35. The van der Waals surface area contributed by atoms with E-state index in [0.29, 0.717) is 6.42 Å². The second kappa shape index (κ2) is 7.97.